The number of rotatable bonds is 3. The van der Waals surface area contributed by atoms with Gasteiger partial charge in [-0.25, -0.2) is 4.79 Å². The van der Waals surface area contributed by atoms with Gasteiger partial charge in [-0.2, -0.15) is 0 Å². The lowest BCUT2D eigenvalue weighted by atomic mass is 9.96. The fourth-order valence-electron chi connectivity index (χ4n) is 2.93. The van der Waals surface area contributed by atoms with Crippen molar-refractivity contribution in [2.45, 2.75) is 31.3 Å². The van der Waals surface area contributed by atoms with Crippen LogP contribution in [0.2, 0.25) is 0 Å². The fraction of sp³-hybridized carbons (Fsp3) is 0.278. The first-order chi connectivity index (χ1) is 9.84. The van der Waals surface area contributed by atoms with Crippen LogP contribution in [-0.2, 0) is 4.74 Å². The molecule has 2 nitrogen and oxygen atoms in total. The average Bonchev–Trinajstić information content (AvgIpc) is 2.97. The molecule has 2 aromatic carbocycles. The number of hydrogen-bond donors (Lipinski definition) is 0. The highest BCUT2D eigenvalue weighted by molar-refractivity contribution is 5.89. The molecule has 0 heterocycles. The third-order valence-electron chi connectivity index (χ3n) is 3.95. The van der Waals surface area contributed by atoms with Gasteiger partial charge in [0.1, 0.15) is 6.10 Å². The minimum atomic E-state index is -0.210. The van der Waals surface area contributed by atoms with Gasteiger partial charge in [-0.05, 0) is 37.0 Å². The monoisotopic (exact) mass is 266 g/mol. The van der Waals surface area contributed by atoms with Crippen LogP contribution in [0.5, 0.6) is 0 Å². The van der Waals surface area contributed by atoms with E-state index in [2.05, 4.69) is 12.1 Å². The quantitative estimate of drug-likeness (QED) is 0.779. The van der Waals surface area contributed by atoms with Crippen LogP contribution in [0, 0.1) is 0 Å². The molecular formula is C18H18O2. The molecule has 2 heteroatoms. The highest BCUT2D eigenvalue weighted by Gasteiger charge is 2.31. The zero-order valence-corrected chi connectivity index (χ0v) is 11.4. The fourth-order valence-corrected chi connectivity index (χ4v) is 2.93. The molecule has 0 radical (unpaired) electrons. The summed E-state index contributed by atoms with van der Waals surface area (Å²) in [6.45, 7) is 0. The topological polar surface area (TPSA) is 26.3 Å². The third kappa shape index (κ3) is 2.74. The van der Waals surface area contributed by atoms with Gasteiger partial charge in [-0.15, -0.1) is 0 Å². The first-order valence-electron chi connectivity index (χ1n) is 7.15. The second-order valence-electron chi connectivity index (χ2n) is 5.26. The molecule has 0 unspecified atom stereocenters. The molecule has 1 saturated carbocycles. The maximum Gasteiger partial charge on any atom is 0.338 e. The van der Waals surface area contributed by atoms with Crippen LogP contribution in [-0.4, -0.2) is 12.1 Å². The van der Waals surface area contributed by atoms with Gasteiger partial charge in [0.05, 0.1) is 5.56 Å². The first kappa shape index (κ1) is 12.9. The predicted octanol–water partition coefficient (Wildman–Crippen LogP) is 4.18. The Morgan fingerprint density at radius 1 is 0.900 bits per heavy atom. The second kappa shape index (κ2) is 5.91. The van der Waals surface area contributed by atoms with Gasteiger partial charge < -0.3 is 4.74 Å². The molecule has 1 fully saturated rings. The summed E-state index contributed by atoms with van der Waals surface area (Å²) in [5, 5.41) is 0. The van der Waals surface area contributed by atoms with E-state index < -0.39 is 0 Å². The molecule has 0 aromatic heterocycles. The van der Waals surface area contributed by atoms with Gasteiger partial charge >= 0.3 is 5.97 Å². The normalized spacial score (nSPS) is 21.6. The van der Waals surface area contributed by atoms with Crippen LogP contribution >= 0.6 is 0 Å². The molecule has 0 spiro atoms. The van der Waals surface area contributed by atoms with Crippen molar-refractivity contribution in [1.82, 2.24) is 0 Å². The summed E-state index contributed by atoms with van der Waals surface area (Å²) >= 11 is 0. The number of carbonyl (C=O) groups is 1. The van der Waals surface area contributed by atoms with Crippen molar-refractivity contribution in [2.75, 3.05) is 0 Å². The Morgan fingerprint density at radius 2 is 1.55 bits per heavy atom. The summed E-state index contributed by atoms with van der Waals surface area (Å²) < 4.78 is 5.73. The van der Waals surface area contributed by atoms with Gasteiger partial charge in [0.2, 0.25) is 0 Å². The van der Waals surface area contributed by atoms with Crippen LogP contribution in [0.1, 0.15) is 41.1 Å². The third-order valence-corrected chi connectivity index (χ3v) is 3.95. The number of esters is 1. The van der Waals surface area contributed by atoms with E-state index in [9.17, 15) is 4.79 Å². The maximum atomic E-state index is 12.2. The number of benzene rings is 2. The molecule has 1 aliphatic rings. The molecule has 102 valence electrons. The second-order valence-corrected chi connectivity index (χ2v) is 5.26. The molecule has 1 aliphatic carbocycles. The molecule has 2 atom stereocenters. The van der Waals surface area contributed by atoms with E-state index in [4.69, 9.17) is 4.74 Å². The molecule has 3 rings (SSSR count). The van der Waals surface area contributed by atoms with Crippen molar-refractivity contribution in [3.8, 4) is 0 Å². The van der Waals surface area contributed by atoms with E-state index in [0.717, 1.165) is 19.3 Å². The lowest BCUT2D eigenvalue weighted by Gasteiger charge is -2.20. The molecule has 20 heavy (non-hydrogen) atoms. The molecule has 2 aromatic rings. The smallest absolute Gasteiger partial charge is 0.338 e. The maximum absolute atomic E-state index is 12.2. The van der Waals surface area contributed by atoms with Crippen molar-refractivity contribution < 1.29 is 9.53 Å². The summed E-state index contributed by atoms with van der Waals surface area (Å²) in [6, 6.07) is 19.6. The first-order valence-corrected chi connectivity index (χ1v) is 7.15. The Morgan fingerprint density at radius 3 is 2.25 bits per heavy atom. The molecular weight excluding hydrogens is 248 g/mol. The molecule has 0 saturated heterocycles. The van der Waals surface area contributed by atoms with Gasteiger partial charge in [0.15, 0.2) is 0 Å². The van der Waals surface area contributed by atoms with Crippen LogP contribution in [0.3, 0.4) is 0 Å². The van der Waals surface area contributed by atoms with Crippen molar-refractivity contribution in [3.05, 3.63) is 71.8 Å². The summed E-state index contributed by atoms with van der Waals surface area (Å²) in [4.78, 5) is 12.2. The lowest BCUT2D eigenvalue weighted by Crippen LogP contribution is -2.21. The van der Waals surface area contributed by atoms with Crippen molar-refractivity contribution in [2.24, 2.45) is 0 Å². The number of hydrogen-bond acceptors (Lipinski definition) is 2. The summed E-state index contributed by atoms with van der Waals surface area (Å²) in [5.74, 6) is 0.127. The van der Waals surface area contributed by atoms with E-state index in [0.29, 0.717) is 11.5 Å². The van der Waals surface area contributed by atoms with E-state index in [1.165, 1.54) is 5.56 Å². The van der Waals surface area contributed by atoms with E-state index in [1.807, 2.05) is 36.4 Å². The molecule has 0 bridgehead atoms. The Bertz CT molecular complexity index is 562. The Labute approximate surface area is 119 Å². The minimum Gasteiger partial charge on any atom is -0.458 e. The van der Waals surface area contributed by atoms with Crippen LogP contribution in [0.15, 0.2) is 60.7 Å². The number of ether oxygens (including phenoxy) is 1. The van der Waals surface area contributed by atoms with Gasteiger partial charge in [0.25, 0.3) is 0 Å². The van der Waals surface area contributed by atoms with Gasteiger partial charge in [-0.3, -0.25) is 0 Å². The Hall–Kier alpha value is -2.09. The van der Waals surface area contributed by atoms with Crippen molar-refractivity contribution in [3.63, 3.8) is 0 Å². The van der Waals surface area contributed by atoms with E-state index in [1.54, 1.807) is 12.1 Å². The molecule has 0 aliphatic heterocycles. The van der Waals surface area contributed by atoms with Crippen LogP contribution < -0.4 is 0 Å². The van der Waals surface area contributed by atoms with Crippen molar-refractivity contribution in [1.29, 1.82) is 0 Å². The summed E-state index contributed by atoms with van der Waals surface area (Å²) in [5.41, 5.74) is 1.90. The lowest BCUT2D eigenvalue weighted by molar-refractivity contribution is 0.0279. The van der Waals surface area contributed by atoms with E-state index >= 15 is 0 Å². The molecule has 0 amide bonds. The van der Waals surface area contributed by atoms with E-state index in [-0.39, 0.29) is 12.1 Å². The Balaban J connectivity index is 1.72. The Kier molecular flexibility index (Phi) is 3.82. The largest absolute Gasteiger partial charge is 0.458 e. The van der Waals surface area contributed by atoms with Gasteiger partial charge in [-0.1, -0.05) is 48.5 Å². The highest BCUT2D eigenvalue weighted by atomic mass is 16.5. The average molecular weight is 266 g/mol. The predicted molar refractivity (Wildman–Crippen MR) is 78.7 cm³/mol. The summed E-state index contributed by atoms with van der Waals surface area (Å²) in [7, 11) is 0. The zero-order chi connectivity index (χ0) is 13.8. The zero-order valence-electron chi connectivity index (χ0n) is 11.4. The number of carbonyl (C=O) groups excluding carboxylic acids is 1. The minimum absolute atomic E-state index is 0.00473. The van der Waals surface area contributed by atoms with Crippen LogP contribution in [0.25, 0.3) is 0 Å². The SMILES string of the molecule is O=C(O[C@@H]1CCC[C@H]1c1ccccc1)c1ccccc1. The highest BCUT2D eigenvalue weighted by Crippen LogP contribution is 2.36. The van der Waals surface area contributed by atoms with Crippen molar-refractivity contribution >= 4 is 5.97 Å². The summed E-state index contributed by atoms with van der Waals surface area (Å²) in [6.07, 6.45) is 3.17. The van der Waals surface area contributed by atoms with Crippen LogP contribution in [0.4, 0.5) is 0 Å². The molecule has 0 N–H and O–H groups in total. The van der Waals surface area contributed by atoms with Gasteiger partial charge in [0, 0.05) is 5.92 Å². The standard InChI is InChI=1S/C18H18O2/c19-18(15-10-5-2-6-11-15)20-17-13-7-12-16(17)14-8-3-1-4-9-14/h1-6,8-11,16-17H,7,12-13H2/t16-,17+/m0/s1.